The molecule has 0 radical (unpaired) electrons. The summed E-state index contributed by atoms with van der Waals surface area (Å²) in [7, 11) is 0. The van der Waals surface area contributed by atoms with E-state index >= 15 is 0 Å². The normalized spacial score (nSPS) is 11.5. The van der Waals surface area contributed by atoms with Crippen molar-refractivity contribution in [1.82, 2.24) is 0 Å². The van der Waals surface area contributed by atoms with Gasteiger partial charge in [-0.15, -0.1) is 0 Å². The van der Waals surface area contributed by atoms with Crippen molar-refractivity contribution in [3.8, 4) is 5.75 Å². The second-order valence-corrected chi connectivity index (χ2v) is 3.88. The van der Waals surface area contributed by atoms with Gasteiger partial charge in [0.25, 0.3) is 5.91 Å². The molecule has 1 aromatic rings. The van der Waals surface area contributed by atoms with Gasteiger partial charge >= 0.3 is 0 Å². The Hall–Kier alpha value is -2.69. The molecule has 1 amide bonds. The molecular weight excluding hydrogens is 242 g/mol. The fraction of sp³-hybridized carbons (Fsp3) is 0.0714. The fourth-order valence-corrected chi connectivity index (χ4v) is 1.23. The molecule has 0 aliphatic heterocycles. The lowest BCUT2D eigenvalue weighted by Crippen LogP contribution is -2.13. The minimum atomic E-state index is -0.443. The average Bonchev–Trinajstić information content (AvgIpc) is 2.39. The molecule has 6 N–H and O–H groups in total. The van der Waals surface area contributed by atoms with E-state index in [4.69, 9.17) is 11.5 Å². The highest BCUT2D eigenvalue weighted by Gasteiger charge is 2.08. The number of phenols is 1. The van der Waals surface area contributed by atoms with Crippen LogP contribution in [0.4, 0.5) is 11.4 Å². The molecule has 0 bridgehead atoms. The van der Waals surface area contributed by atoms with Gasteiger partial charge in [0.15, 0.2) is 0 Å². The highest BCUT2D eigenvalue weighted by atomic mass is 16.3. The van der Waals surface area contributed by atoms with Gasteiger partial charge in [-0.25, -0.2) is 0 Å². The summed E-state index contributed by atoms with van der Waals surface area (Å²) < 4.78 is 0. The number of carbonyl (C=O) groups excluding carboxylic acids is 1. The third-order valence-corrected chi connectivity index (χ3v) is 2.37. The highest BCUT2D eigenvalue weighted by Crippen LogP contribution is 2.25. The largest absolute Gasteiger partial charge is 0.506 e. The Kier molecular flexibility index (Phi) is 4.76. The van der Waals surface area contributed by atoms with Crippen LogP contribution in [0.25, 0.3) is 0 Å². The van der Waals surface area contributed by atoms with Gasteiger partial charge in [0.2, 0.25) is 0 Å². The molecule has 0 heterocycles. The second kappa shape index (κ2) is 6.30. The second-order valence-electron chi connectivity index (χ2n) is 3.88. The predicted octanol–water partition coefficient (Wildman–Crippen LogP) is 1.89. The first-order valence-corrected chi connectivity index (χ1v) is 5.62. The van der Waals surface area contributed by atoms with E-state index in [1.807, 2.05) is 0 Å². The topological polar surface area (TPSA) is 101 Å². The van der Waals surface area contributed by atoms with Gasteiger partial charge in [0.05, 0.1) is 5.69 Å². The van der Waals surface area contributed by atoms with E-state index in [1.54, 1.807) is 19.1 Å². The van der Waals surface area contributed by atoms with Crippen LogP contribution in [0.1, 0.15) is 6.92 Å². The fourth-order valence-electron chi connectivity index (χ4n) is 1.23. The van der Waals surface area contributed by atoms with Crippen LogP contribution < -0.4 is 16.8 Å². The average molecular weight is 259 g/mol. The lowest BCUT2D eigenvalue weighted by Gasteiger charge is -2.08. The summed E-state index contributed by atoms with van der Waals surface area (Å²) in [5, 5.41) is 12.1. The number of hydrogen-bond donors (Lipinski definition) is 4. The number of amides is 1. The van der Waals surface area contributed by atoms with E-state index in [-0.39, 0.29) is 17.0 Å². The van der Waals surface area contributed by atoms with Gasteiger partial charge < -0.3 is 21.9 Å². The lowest BCUT2D eigenvalue weighted by molar-refractivity contribution is -0.112. The molecule has 100 valence electrons. The van der Waals surface area contributed by atoms with Gasteiger partial charge in [-0.1, -0.05) is 12.7 Å². The Morgan fingerprint density at radius 1 is 1.42 bits per heavy atom. The standard InChI is InChI=1S/C14H17N3O2/c1-3-10(15)5-4-9(2)14(19)17-12-8-11(16)6-7-13(12)18/h3-8,18H,2,15-16H2,1H3,(H,17,19)/b5-4-,10-3+. The maximum Gasteiger partial charge on any atom is 0.255 e. The van der Waals surface area contributed by atoms with Gasteiger partial charge in [0, 0.05) is 17.0 Å². The Labute approximate surface area is 111 Å². The zero-order valence-electron chi connectivity index (χ0n) is 10.7. The number of benzene rings is 1. The van der Waals surface area contributed by atoms with E-state index in [0.717, 1.165) is 0 Å². The summed E-state index contributed by atoms with van der Waals surface area (Å²) in [5.41, 5.74) is 12.6. The van der Waals surface area contributed by atoms with E-state index in [2.05, 4.69) is 11.9 Å². The number of nitrogens with two attached hydrogens (primary N) is 2. The smallest absolute Gasteiger partial charge is 0.255 e. The van der Waals surface area contributed by atoms with Crippen molar-refractivity contribution in [2.75, 3.05) is 11.1 Å². The first kappa shape index (κ1) is 14.4. The van der Waals surface area contributed by atoms with Crippen molar-refractivity contribution >= 4 is 17.3 Å². The van der Waals surface area contributed by atoms with E-state index in [1.165, 1.54) is 24.3 Å². The third-order valence-electron chi connectivity index (χ3n) is 2.37. The maximum absolute atomic E-state index is 11.8. The maximum atomic E-state index is 11.8. The van der Waals surface area contributed by atoms with Crippen LogP contribution in [-0.4, -0.2) is 11.0 Å². The zero-order chi connectivity index (χ0) is 14.4. The molecule has 0 atom stereocenters. The van der Waals surface area contributed by atoms with Crippen molar-refractivity contribution in [3.05, 3.63) is 54.3 Å². The summed E-state index contributed by atoms with van der Waals surface area (Å²) in [6, 6.07) is 4.40. The molecule has 5 nitrogen and oxygen atoms in total. The van der Waals surface area contributed by atoms with Crippen LogP contribution in [0.3, 0.4) is 0 Å². The molecule has 0 aromatic heterocycles. The SMILES string of the molecule is C=C(/C=C\C(N)=C/C)C(=O)Nc1cc(N)ccc1O. The van der Waals surface area contributed by atoms with Crippen molar-refractivity contribution in [1.29, 1.82) is 0 Å². The first-order chi connectivity index (χ1) is 8.93. The summed E-state index contributed by atoms with van der Waals surface area (Å²) >= 11 is 0. The van der Waals surface area contributed by atoms with Crippen LogP contribution in [0.2, 0.25) is 0 Å². The van der Waals surface area contributed by atoms with Gasteiger partial charge in [0.1, 0.15) is 5.75 Å². The van der Waals surface area contributed by atoms with Gasteiger partial charge in [-0.3, -0.25) is 4.79 Å². The number of phenolic OH excluding ortho intramolecular Hbond substituents is 1. The first-order valence-electron chi connectivity index (χ1n) is 5.62. The van der Waals surface area contributed by atoms with E-state index in [0.29, 0.717) is 11.4 Å². The third kappa shape index (κ3) is 4.23. The zero-order valence-corrected chi connectivity index (χ0v) is 10.7. The number of allylic oxidation sites excluding steroid dienone is 2. The minimum absolute atomic E-state index is 0.0627. The molecule has 19 heavy (non-hydrogen) atoms. The van der Waals surface area contributed by atoms with Crippen LogP contribution >= 0.6 is 0 Å². The van der Waals surface area contributed by atoms with Crippen molar-refractivity contribution in [2.24, 2.45) is 5.73 Å². The quantitative estimate of drug-likeness (QED) is 0.218. The summed E-state index contributed by atoms with van der Waals surface area (Å²) in [5.74, 6) is -0.506. The number of nitrogen functional groups attached to an aromatic ring is 1. The van der Waals surface area contributed by atoms with E-state index < -0.39 is 5.91 Å². The monoisotopic (exact) mass is 259 g/mol. The Balaban J connectivity index is 2.77. The molecule has 0 fully saturated rings. The molecule has 0 saturated carbocycles. The summed E-state index contributed by atoms with van der Waals surface area (Å²) in [4.78, 5) is 11.8. The van der Waals surface area contributed by atoms with Crippen LogP contribution in [0.5, 0.6) is 5.75 Å². The number of anilines is 2. The Morgan fingerprint density at radius 2 is 2.11 bits per heavy atom. The molecule has 0 aliphatic rings. The summed E-state index contributed by atoms with van der Waals surface area (Å²) in [6.45, 7) is 5.40. The lowest BCUT2D eigenvalue weighted by atomic mass is 10.2. The number of carbonyl (C=O) groups is 1. The van der Waals surface area contributed by atoms with Crippen LogP contribution in [-0.2, 0) is 4.79 Å². The minimum Gasteiger partial charge on any atom is -0.506 e. The van der Waals surface area contributed by atoms with Crippen molar-refractivity contribution in [2.45, 2.75) is 6.92 Å². The number of aromatic hydroxyl groups is 1. The van der Waals surface area contributed by atoms with Crippen molar-refractivity contribution < 1.29 is 9.90 Å². The summed E-state index contributed by atoms with van der Waals surface area (Å²) in [6.07, 6.45) is 4.76. The highest BCUT2D eigenvalue weighted by molar-refractivity contribution is 6.06. The van der Waals surface area contributed by atoms with Crippen molar-refractivity contribution in [3.63, 3.8) is 0 Å². The molecule has 0 saturated heterocycles. The molecule has 1 rings (SSSR count). The Bertz CT molecular complexity index is 560. The van der Waals surface area contributed by atoms with Crippen LogP contribution in [0, 0.1) is 0 Å². The molecule has 0 aliphatic carbocycles. The molecule has 5 heteroatoms. The molecule has 1 aromatic carbocycles. The van der Waals surface area contributed by atoms with Gasteiger partial charge in [-0.2, -0.15) is 0 Å². The molecule has 0 unspecified atom stereocenters. The number of rotatable bonds is 4. The van der Waals surface area contributed by atoms with Gasteiger partial charge in [-0.05, 0) is 37.3 Å². The predicted molar refractivity (Wildman–Crippen MR) is 77.4 cm³/mol. The van der Waals surface area contributed by atoms with Crippen LogP contribution in [0.15, 0.2) is 54.3 Å². The molecular formula is C14H17N3O2. The number of nitrogens with one attached hydrogen (secondary N) is 1. The number of hydrogen-bond acceptors (Lipinski definition) is 4. The Morgan fingerprint density at radius 3 is 2.74 bits per heavy atom. The van der Waals surface area contributed by atoms with E-state index in [9.17, 15) is 9.90 Å². The molecule has 0 spiro atoms.